The lowest BCUT2D eigenvalue weighted by molar-refractivity contribution is -0.0592. The van der Waals surface area contributed by atoms with E-state index in [4.69, 9.17) is 19.4 Å². The minimum Gasteiger partial charge on any atom is -0.478 e. The van der Waals surface area contributed by atoms with E-state index in [1.807, 2.05) is 19.1 Å². The van der Waals surface area contributed by atoms with Crippen LogP contribution in [0.3, 0.4) is 0 Å². The number of likely N-dealkylation sites (tertiary alicyclic amines) is 1. The van der Waals surface area contributed by atoms with Crippen LogP contribution in [0.5, 0.6) is 5.88 Å². The highest BCUT2D eigenvalue weighted by Crippen LogP contribution is 2.34. The maximum atomic E-state index is 14.9. The number of carboxylic acids is 1. The van der Waals surface area contributed by atoms with Gasteiger partial charge < -0.3 is 19.1 Å². The highest BCUT2D eigenvalue weighted by molar-refractivity contribution is 6.00. The summed E-state index contributed by atoms with van der Waals surface area (Å²) in [6, 6.07) is 13.9. The van der Waals surface area contributed by atoms with Crippen molar-refractivity contribution in [3.05, 3.63) is 88.1 Å². The molecular weight excluding hydrogens is 575 g/mol. The molecule has 234 valence electrons. The molecule has 2 aliphatic heterocycles. The first-order valence-corrected chi connectivity index (χ1v) is 15.8. The van der Waals surface area contributed by atoms with Crippen molar-refractivity contribution in [2.45, 2.75) is 70.7 Å². The number of pyridine rings is 1. The van der Waals surface area contributed by atoms with Gasteiger partial charge in [-0.25, -0.2) is 19.2 Å². The lowest BCUT2D eigenvalue weighted by Crippen LogP contribution is -2.35. The third-order valence-corrected chi connectivity index (χ3v) is 9.35. The number of ether oxygens (including phenoxy) is 2. The molecule has 9 nitrogen and oxygen atoms in total. The Morgan fingerprint density at radius 3 is 2.56 bits per heavy atom. The van der Waals surface area contributed by atoms with Gasteiger partial charge in [0.1, 0.15) is 18.2 Å². The first-order valence-electron chi connectivity index (χ1n) is 15.8. The maximum absolute atomic E-state index is 14.9. The second-order valence-electron chi connectivity index (χ2n) is 12.6. The van der Waals surface area contributed by atoms with Crippen LogP contribution < -0.4 is 4.74 Å². The number of aromatic nitrogens is 3. The molecule has 0 radical (unpaired) electrons. The fourth-order valence-electron chi connectivity index (χ4n) is 6.42. The molecule has 3 aliphatic rings. The summed E-state index contributed by atoms with van der Waals surface area (Å²) in [7, 11) is 0. The van der Waals surface area contributed by atoms with Crippen LogP contribution in [-0.2, 0) is 24.4 Å². The second kappa shape index (κ2) is 12.3. The number of piperidine rings is 1. The zero-order valence-electron chi connectivity index (χ0n) is 25.4. The molecule has 45 heavy (non-hydrogen) atoms. The number of ketones is 1. The van der Waals surface area contributed by atoms with E-state index in [0.29, 0.717) is 30.1 Å². The van der Waals surface area contributed by atoms with Gasteiger partial charge in [0, 0.05) is 41.3 Å². The largest absolute Gasteiger partial charge is 0.478 e. The van der Waals surface area contributed by atoms with Crippen LogP contribution in [0.2, 0.25) is 0 Å². The van der Waals surface area contributed by atoms with Gasteiger partial charge in [0.15, 0.2) is 5.78 Å². The Morgan fingerprint density at radius 2 is 1.84 bits per heavy atom. The van der Waals surface area contributed by atoms with Crippen molar-refractivity contribution < 1.29 is 28.6 Å². The molecule has 0 unspecified atom stereocenters. The Morgan fingerprint density at radius 1 is 1.04 bits per heavy atom. The van der Waals surface area contributed by atoms with E-state index in [9.17, 15) is 19.1 Å². The van der Waals surface area contributed by atoms with Crippen LogP contribution in [0.1, 0.15) is 81.4 Å². The Labute approximate surface area is 261 Å². The minimum atomic E-state index is -0.950. The lowest BCUT2D eigenvalue weighted by Gasteiger charge is -2.32. The van der Waals surface area contributed by atoms with Crippen molar-refractivity contribution in [1.82, 2.24) is 19.4 Å². The predicted octanol–water partition coefficient (Wildman–Crippen LogP) is 5.92. The smallest absolute Gasteiger partial charge is 0.335 e. The van der Waals surface area contributed by atoms with E-state index in [-0.39, 0.29) is 35.9 Å². The molecule has 1 N–H and O–H groups in total. The van der Waals surface area contributed by atoms with Crippen molar-refractivity contribution in [2.75, 3.05) is 19.7 Å². The second-order valence-corrected chi connectivity index (χ2v) is 12.6. The van der Waals surface area contributed by atoms with E-state index in [1.54, 1.807) is 30.3 Å². The third kappa shape index (κ3) is 6.35. The molecule has 7 rings (SSSR count). The van der Waals surface area contributed by atoms with E-state index in [2.05, 4.69) is 9.47 Å². The normalized spacial score (nSPS) is 19.0. The minimum absolute atomic E-state index is 0.0375. The summed E-state index contributed by atoms with van der Waals surface area (Å²) in [6.45, 7) is 5.72. The van der Waals surface area contributed by atoms with Crippen molar-refractivity contribution in [3.63, 3.8) is 0 Å². The topological polar surface area (TPSA) is 107 Å². The molecule has 2 aromatic carbocycles. The number of aromatic carboxylic acids is 1. The number of fused-ring (bicyclic) bond motifs is 1. The van der Waals surface area contributed by atoms with Crippen LogP contribution in [0, 0.1) is 18.7 Å². The number of benzene rings is 2. The first kappa shape index (κ1) is 29.6. The van der Waals surface area contributed by atoms with Gasteiger partial charge in [-0.05, 0) is 94.1 Å². The molecule has 1 aliphatic carbocycles. The SMILES string of the molecule is Cc1cc(COc2cccc(C3CCN(Cc4nc5ccc(C(=O)O)cc5n4C[C@@H]4CCO4)CC3)n2)c(F)cc1C(=O)C1CC1. The molecule has 1 atom stereocenters. The van der Waals surface area contributed by atoms with Crippen LogP contribution in [0.25, 0.3) is 11.0 Å². The number of nitrogens with zero attached hydrogens (tertiary/aromatic N) is 4. The molecule has 2 saturated heterocycles. The molecule has 3 fully saturated rings. The zero-order valence-corrected chi connectivity index (χ0v) is 25.4. The van der Waals surface area contributed by atoms with Crippen LogP contribution in [0.15, 0.2) is 48.5 Å². The van der Waals surface area contributed by atoms with Crippen LogP contribution >= 0.6 is 0 Å². The van der Waals surface area contributed by atoms with E-state index in [0.717, 1.165) is 79.9 Å². The standard InChI is InChI=1S/C35H37FN4O5/c1-21-15-25(28(36)17-27(21)34(41)23-5-6-23)20-45-33-4-2-3-29(38-33)22-9-12-39(13-10-22)19-32-37-30-8-7-24(35(42)43)16-31(30)40(32)18-26-11-14-44-26/h2-4,7-8,15-17,22-23,26H,5-6,9-14,18-20H2,1H3,(H,42,43)/t26-/m0/s1. The number of rotatable bonds is 11. The average molecular weight is 613 g/mol. The van der Waals surface area contributed by atoms with Gasteiger partial charge >= 0.3 is 5.97 Å². The summed E-state index contributed by atoms with van der Waals surface area (Å²) in [5, 5.41) is 9.52. The molecule has 10 heteroatoms. The number of carbonyl (C=O) groups is 2. The van der Waals surface area contributed by atoms with Gasteiger partial charge in [-0.15, -0.1) is 0 Å². The van der Waals surface area contributed by atoms with Gasteiger partial charge in [0.25, 0.3) is 0 Å². The monoisotopic (exact) mass is 612 g/mol. The lowest BCUT2D eigenvalue weighted by atomic mass is 9.93. The summed E-state index contributed by atoms with van der Waals surface area (Å²) in [5.41, 5.74) is 4.50. The highest BCUT2D eigenvalue weighted by Gasteiger charge is 2.32. The summed E-state index contributed by atoms with van der Waals surface area (Å²) in [5.74, 6) is 0.360. The van der Waals surface area contributed by atoms with E-state index < -0.39 is 11.8 Å². The Kier molecular flexibility index (Phi) is 8.10. The molecule has 1 saturated carbocycles. The Balaban J connectivity index is 0.987. The van der Waals surface area contributed by atoms with Crippen LogP contribution in [-0.4, -0.2) is 62.1 Å². The van der Waals surface area contributed by atoms with Crippen LogP contribution in [0.4, 0.5) is 4.39 Å². The first-order chi connectivity index (χ1) is 21.8. The van der Waals surface area contributed by atoms with E-state index in [1.165, 1.54) is 6.07 Å². The van der Waals surface area contributed by atoms with Crippen molar-refractivity contribution in [1.29, 1.82) is 0 Å². The Bertz CT molecular complexity index is 1750. The number of imidazole rings is 1. The molecule has 4 heterocycles. The Hall–Kier alpha value is -4.15. The maximum Gasteiger partial charge on any atom is 0.335 e. The van der Waals surface area contributed by atoms with Crippen molar-refractivity contribution in [3.8, 4) is 5.88 Å². The number of aryl methyl sites for hydroxylation is 1. The fourth-order valence-corrected chi connectivity index (χ4v) is 6.42. The van der Waals surface area contributed by atoms with Gasteiger partial charge in [-0.2, -0.15) is 0 Å². The summed E-state index contributed by atoms with van der Waals surface area (Å²) < 4.78 is 28.6. The number of Topliss-reactive ketones (excluding diaryl/α,β-unsaturated/α-hetero) is 1. The average Bonchev–Trinajstić information content (AvgIpc) is 3.82. The van der Waals surface area contributed by atoms with E-state index >= 15 is 0 Å². The number of carboxylic acid groups (broad SMARTS) is 1. The molecule has 0 amide bonds. The zero-order chi connectivity index (χ0) is 31.1. The van der Waals surface area contributed by atoms with Gasteiger partial charge in [0.2, 0.25) is 5.88 Å². The molecule has 2 aromatic heterocycles. The van der Waals surface area contributed by atoms with Crippen molar-refractivity contribution in [2.24, 2.45) is 5.92 Å². The molecule has 4 aromatic rings. The summed E-state index contributed by atoms with van der Waals surface area (Å²) >= 11 is 0. The van der Waals surface area contributed by atoms with Gasteiger partial charge in [0.05, 0.1) is 35.8 Å². The summed E-state index contributed by atoms with van der Waals surface area (Å²) in [4.78, 5) is 36.1. The molecule has 0 bridgehead atoms. The number of hydrogen-bond donors (Lipinski definition) is 1. The molecular formula is C35H37FN4O5. The predicted molar refractivity (Wildman–Crippen MR) is 165 cm³/mol. The van der Waals surface area contributed by atoms with Gasteiger partial charge in [-0.1, -0.05) is 6.07 Å². The van der Waals surface area contributed by atoms with Crippen molar-refractivity contribution >= 4 is 22.8 Å². The third-order valence-electron chi connectivity index (χ3n) is 9.35. The quantitative estimate of drug-likeness (QED) is 0.208. The van der Waals surface area contributed by atoms with Gasteiger partial charge in [-0.3, -0.25) is 9.69 Å². The molecule has 0 spiro atoms. The number of hydrogen-bond acceptors (Lipinski definition) is 7. The number of halogens is 1. The fraction of sp³-hybridized carbons (Fsp3) is 0.429. The highest BCUT2D eigenvalue weighted by atomic mass is 19.1. The summed E-state index contributed by atoms with van der Waals surface area (Å²) in [6.07, 6.45) is 4.74. The number of carbonyl (C=O) groups excluding carboxylic acids is 1.